The van der Waals surface area contributed by atoms with Crippen LogP contribution in [-0.4, -0.2) is 44.2 Å². The van der Waals surface area contributed by atoms with Crippen molar-refractivity contribution in [3.05, 3.63) is 76.6 Å². The van der Waals surface area contributed by atoms with Crippen LogP contribution in [0, 0.1) is 6.92 Å². The number of primary amides is 1. The molecule has 5 rings (SSSR count). The third-order valence-electron chi connectivity index (χ3n) is 6.13. The van der Waals surface area contributed by atoms with Gasteiger partial charge in [-0.15, -0.1) is 0 Å². The van der Waals surface area contributed by atoms with Gasteiger partial charge < -0.3 is 26.4 Å². The normalized spacial score (nSPS) is 13.0. The van der Waals surface area contributed by atoms with E-state index in [0.717, 1.165) is 52.2 Å². The number of aryl methyl sites for hydroxylation is 1. The monoisotopic (exact) mass is 456 g/mol. The second kappa shape index (κ2) is 8.90. The van der Waals surface area contributed by atoms with E-state index in [-0.39, 0.29) is 0 Å². The van der Waals surface area contributed by atoms with E-state index in [1.54, 1.807) is 30.3 Å². The van der Waals surface area contributed by atoms with Crippen molar-refractivity contribution in [2.24, 2.45) is 5.73 Å². The number of benzene rings is 2. The summed E-state index contributed by atoms with van der Waals surface area (Å²) in [5.74, 6) is 0.776. The van der Waals surface area contributed by atoms with E-state index in [1.807, 2.05) is 29.7 Å². The summed E-state index contributed by atoms with van der Waals surface area (Å²) in [6, 6.07) is 14.5. The lowest BCUT2D eigenvalue weighted by Crippen LogP contribution is -2.30. The van der Waals surface area contributed by atoms with Gasteiger partial charge in [-0.1, -0.05) is 30.3 Å². The van der Waals surface area contributed by atoms with Crippen LogP contribution in [0.3, 0.4) is 0 Å². The van der Waals surface area contributed by atoms with E-state index < -0.39 is 13.0 Å². The molecule has 0 aliphatic carbocycles. The van der Waals surface area contributed by atoms with E-state index in [4.69, 9.17) is 15.7 Å². The lowest BCUT2D eigenvalue weighted by atomic mass is 9.79. The Hall–Kier alpha value is -3.73. The van der Waals surface area contributed by atoms with Crippen LogP contribution in [-0.2, 0) is 19.5 Å². The van der Waals surface area contributed by atoms with Crippen LogP contribution in [0.5, 0.6) is 0 Å². The maximum absolute atomic E-state index is 11.9. The summed E-state index contributed by atoms with van der Waals surface area (Å²) in [7, 11) is -1.51. The molecular weight excluding hydrogens is 431 g/mol. The molecule has 4 aromatic rings. The molecule has 0 fully saturated rings. The van der Waals surface area contributed by atoms with Crippen molar-refractivity contribution in [2.45, 2.75) is 26.4 Å². The Morgan fingerprint density at radius 2 is 2.03 bits per heavy atom. The van der Waals surface area contributed by atoms with Gasteiger partial charge in [0.15, 0.2) is 0 Å². The topological polar surface area (TPSA) is 138 Å². The molecule has 2 aromatic carbocycles. The van der Waals surface area contributed by atoms with Crippen molar-refractivity contribution in [1.82, 2.24) is 19.9 Å². The Morgan fingerprint density at radius 1 is 1.21 bits per heavy atom. The van der Waals surface area contributed by atoms with E-state index in [1.165, 1.54) is 0 Å². The van der Waals surface area contributed by atoms with Crippen LogP contribution in [0.15, 0.2) is 48.5 Å². The fourth-order valence-electron chi connectivity index (χ4n) is 4.49. The molecule has 0 spiro atoms. The van der Waals surface area contributed by atoms with Gasteiger partial charge in [0.2, 0.25) is 11.9 Å². The summed E-state index contributed by atoms with van der Waals surface area (Å²) in [6.45, 7) is 3.89. The van der Waals surface area contributed by atoms with E-state index >= 15 is 0 Å². The third-order valence-corrected chi connectivity index (χ3v) is 6.13. The molecule has 10 heteroatoms. The summed E-state index contributed by atoms with van der Waals surface area (Å²) < 4.78 is 1.94. The van der Waals surface area contributed by atoms with Crippen LogP contribution < -0.4 is 21.8 Å². The molecule has 3 heterocycles. The highest BCUT2D eigenvalue weighted by Gasteiger charge is 2.21. The van der Waals surface area contributed by atoms with E-state index in [9.17, 15) is 14.8 Å². The fraction of sp³-hybridized carbons (Fsp3) is 0.208. The number of aromatic nitrogens is 3. The quantitative estimate of drug-likeness (QED) is 0.270. The predicted octanol–water partition coefficient (Wildman–Crippen LogP) is 0.765. The molecular formula is C24H25BN6O3. The molecule has 0 saturated heterocycles. The second-order valence-corrected chi connectivity index (χ2v) is 8.42. The van der Waals surface area contributed by atoms with Crippen molar-refractivity contribution >= 4 is 35.2 Å². The summed E-state index contributed by atoms with van der Waals surface area (Å²) in [4.78, 5) is 21.7. The molecule has 0 saturated carbocycles. The molecule has 0 bridgehead atoms. The van der Waals surface area contributed by atoms with Crippen molar-refractivity contribution in [3.63, 3.8) is 0 Å². The van der Waals surface area contributed by atoms with Crippen molar-refractivity contribution < 1.29 is 14.8 Å². The van der Waals surface area contributed by atoms with Gasteiger partial charge in [0, 0.05) is 35.3 Å². The zero-order valence-corrected chi connectivity index (χ0v) is 18.7. The first-order valence-corrected chi connectivity index (χ1v) is 11.1. The number of nitrogens with one attached hydrogen (secondary N) is 2. The maximum atomic E-state index is 11.9. The first-order chi connectivity index (χ1) is 16.4. The van der Waals surface area contributed by atoms with E-state index in [0.29, 0.717) is 30.1 Å². The molecule has 0 radical (unpaired) electrons. The highest BCUT2D eigenvalue weighted by Crippen LogP contribution is 2.28. The smallest absolute Gasteiger partial charge is 0.423 e. The SMILES string of the molecule is Cc1cc2c(C(N)=O)cccc2n1-c1nc2c(c(NCc3cccc(B(O)O)c3)n1)CCNC2. The number of nitrogens with zero attached hydrogens (tertiary/aromatic N) is 3. The van der Waals surface area contributed by atoms with Crippen molar-refractivity contribution in [1.29, 1.82) is 0 Å². The Labute approximate surface area is 196 Å². The molecule has 0 atom stereocenters. The van der Waals surface area contributed by atoms with Crippen LogP contribution in [0.2, 0.25) is 0 Å². The number of hydrogen-bond acceptors (Lipinski definition) is 7. The highest BCUT2D eigenvalue weighted by molar-refractivity contribution is 6.58. The zero-order chi connectivity index (χ0) is 23.8. The lowest BCUT2D eigenvalue weighted by Gasteiger charge is -2.21. The number of hydrogen-bond donors (Lipinski definition) is 5. The van der Waals surface area contributed by atoms with Gasteiger partial charge in [0.05, 0.1) is 11.2 Å². The van der Waals surface area contributed by atoms with Crippen LogP contribution in [0.4, 0.5) is 5.82 Å². The molecule has 1 aliphatic rings. The number of carbonyl (C=O) groups is 1. The average molecular weight is 456 g/mol. The van der Waals surface area contributed by atoms with Crippen molar-refractivity contribution in [3.8, 4) is 5.95 Å². The molecule has 1 aliphatic heterocycles. The standard InChI is InChI=1S/C24H25BN6O3/c1-14-10-19-17(22(26)32)6-3-7-21(19)31(14)24-29-20-13-27-9-8-18(20)23(30-24)28-12-15-4-2-5-16(11-15)25(33)34/h2-7,10-11,27,33-34H,8-9,12-13H2,1H3,(H2,26,32)(H,28,29,30). The van der Waals surface area contributed by atoms with Gasteiger partial charge in [0.1, 0.15) is 5.82 Å². The predicted molar refractivity (Wildman–Crippen MR) is 131 cm³/mol. The zero-order valence-electron chi connectivity index (χ0n) is 18.7. The summed E-state index contributed by atoms with van der Waals surface area (Å²) in [5.41, 5.74) is 11.1. The van der Waals surface area contributed by atoms with Gasteiger partial charge in [-0.2, -0.15) is 4.98 Å². The van der Waals surface area contributed by atoms with Crippen LogP contribution in [0.25, 0.3) is 16.9 Å². The van der Waals surface area contributed by atoms with E-state index in [2.05, 4.69) is 10.6 Å². The number of fused-ring (bicyclic) bond motifs is 2. The largest absolute Gasteiger partial charge is 0.488 e. The van der Waals surface area contributed by atoms with Gasteiger partial charge in [-0.3, -0.25) is 9.36 Å². The fourth-order valence-corrected chi connectivity index (χ4v) is 4.49. The van der Waals surface area contributed by atoms with Gasteiger partial charge in [-0.05, 0) is 49.1 Å². The number of carbonyl (C=O) groups excluding carboxylic acids is 1. The first kappa shape index (κ1) is 22.1. The molecule has 172 valence electrons. The second-order valence-electron chi connectivity index (χ2n) is 8.42. The Kier molecular flexibility index (Phi) is 5.78. The van der Waals surface area contributed by atoms with Crippen LogP contribution >= 0.6 is 0 Å². The molecule has 34 heavy (non-hydrogen) atoms. The molecule has 9 nitrogen and oxygen atoms in total. The van der Waals surface area contributed by atoms with Gasteiger partial charge in [-0.25, -0.2) is 4.98 Å². The Morgan fingerprint density at radius 3 is 2.82 bits per heavy atom. The molecule has 0 unspecified atom stereocenters. The highest BCUT2D eigenvalue weighted by atomic mass is 16.4. The number of nitrogens with two attached hydrogens (primary N) is 1. The summed E-state index contributed by atoms with van der Waals surface area (Å²) in [5, 5.41) is 26.5. The molecule has 1 amide bonds. The number of amides is 1. The lowest BCUT2D eigenvalue weighted by molar-refractivity contribution is 0.100. The minimum Gasteiger partial charge on any atom is -0.423 e. The molecule has 6 N–H and O–H groups in total. The summed E-state index contributed by atoms with van der Waals surface area (Å²) in [6.07, 6.45) is 0.796. The average Bonchev–Trinajstić information content (AvgIpc) is 3.18. The maximum Gasteiger partial charge on any atom is 0.488 e. The Balaban J connectivity index is 1.57. The number of anilines is 1. The first-order valence-electron chi connectivity index (χ1n) is 11.1. The van der Waals surface area contributed by atoms with Crippen molar-refractivity contribution in [2.75, 3.05) is 11.9 Å². The Bertz CT molecular complexity index is 1400. The van der Waals surface area contributed by atoms with Gasteiger partial charge >= 0.3 is 7.12 Å². The number of rotatable bonds is 6. The molecule has 2 aromatic heterocycles. The van der Waals surface area contributed by atoms with Crippen LogP contribution in [0.1, 0.15) is 32.9 Å². The van der Waals surface area contributed by atoms with Gasteiger partial charge in [0.25, 0.3) is 0 Å². The third kappa shape index (κ3) is 4.03. The summed E-state index contributed by atoms with van der Waals surface area (Å²) >= 11 is 0. The minimum atomic E-state index is -1.51. The minimum absolute atomic E-state index is 0.439.